The number of aryl methyl sites for hydroxylation is 1. The number of pyridine rings is 1. The van der Waals surface area contributed by atoms with Gasteiger partial charge in [0, 0.05) is 68.4 Å². The number of ether oxygens (including phenoxy) is 2. The van der Waals surface area contributed by atoms with Crippen molar-refractivity contribution in [1.82, 2.24) is 34.4 Å². The normalized spacial score (nSPS) is 16.4. The van der Waals surface area contributed by atoms with Crippen LogP contribution in [0.5, 0.6) is 11.5 Å². The average molecular weight is 626 g/mol. The minimum Gasteiger partial charge on any atom is -0.495 e. The molecule has 3 aromatic heterocycles. The van der Waals surface area contributed by atoms with Crippen LogP contribution in [0.2, 0.25) is 10.0 Å². The lowest BCUT2D eigenvalue weighted by Gasteiger charge is -2.54. The van der Waals surface area contributed by atoms with Gasteiger partial charge in [-0.15, -0.1) is 5.10 Å². The van der Waals surface area contributed by atoms with Crippen LogP contribution in [0.3, 0.4) is 0 Å². The molecule has 0 unspecified atom stereocenters. The molecule has 0 atom stereocenters. The maximum absolute atomic E-state index is 11.9. The maximum atomic E-state index is 11.9. The number of hydrogen-bond donors (Lipinski definition) is 1. The van der Waals surface area contributed by atoms with Crippen molar-refractivity contribution in [1.29, 1.82) is 0 Å². The number of fused-ring (bicyclic) bond motifs is 3. The summed E-state index contributed by atoms with van der Waals surface area (Å²) in [6, 6.07) is 3.58. The minimum absolute atomic E-state index is 0.0330. The van der Waals surface area contributed by atoms with E-state index < -0.39 is 0 Å². The van der Waals surface area contributed by atoms with Gasteiger partial charge in [0.25, 0.3) is 0 Å². The number of piperidine rings is 1. The number of hydrogen-bond acceptors (Lipinski definition) is 9. The number of methoxy groups -OCH3 is 2. The van der Waals surface area contributed by atoms with Gasteiger partial charge in [-0.2, -0.15) is 9.50 Å². The highest BCUT2D eigenvalue weighted by Gasteiger charge is 2.44. The Bertz CT molecular complexity index is 1680. The van der Waals surface area contributed by atoms with E-state index in [9.17, 15) is 4.79 Å². The first-order chi connectivity index (χ1) is 20.8. The van der Waals surface area contributed by atoms with E-state index >= 15 is 0 Å². The molecule has 2 aliphatic rings. The van der Waals surface area contributed by atoms with Crippen molar-refractivity contribution in [3.05, 3.63) is 46.9 Å². The summed E-state index contributed by atoms with van der Waals surface area (Å²) in [7, 11) is 4.86. The molecule has 226 valence electrons. The van der Waals surface area contributed by atoms with Gasteiger partial charge in [0.2, 0.25) is 11.9 Å². The lowest BCUT2D eigenvalue weighted by molar-refractivity contribution is -0.131. The van der Waals surface area contributed by atoms with Crippen molar-refractivity contribution in [2.24, 2.45) is 5.41 Å². The van der Waals surface area contributed by atoms with Crippen LogP contribution >= 0.6 is 23.2 Å². The first-order valence-corrected chi connectivity index (χ1v) is 15.0. The lowest BCUT2D eigenvalue weighted by Crippen LogP contribution is -2.60. The van der Waals surface area contributed by atoms with Gasteiger partial charge in [0.15, 0.2) is 17.1 Å². The van der Waals surface area contributed by atoms with E-state index in [0.717, 1.165) is 57.4 Å². The van der Waals surface area contributed by atoms with E-state index in [1.807, 2.05) is 11.0 Å². The van der Waals surface area contributed by atoms with Gasteiger partial charge in [0.05, 0.1) is 24.3 Å². The molecule has 1 amide bonds. The Morgan fingerprint density at radius 3 is 2.42 bits per heavy atom. The molecule has 2 saturated heterocycles. The Labute approximate surface area is 259 Å². The Morgan fingerprint density at radius 2 is 1.79 bits per heavy atom. The van der Waals surface area contributed by atoms with E-state index in [1.54, 1.807) is 38.0 Å². The van der Waals surface area contributed by atoms with E-state index in [2.05, 4.69) is 26.8 Å². The SMILES string of the molecule is C=CC(=O)N1CCC2(CC1)CN(CCCc1nc3c(-c4c(Cl)c(OC)cc(OC)c4Cl)cc4cnc(NC)nc4n3n1)C2. The quantitative estimate of drug-likeness (QED) is 0.264. The number of halogens is 2. The fourth-order valence-corrected chi connectivity index (χ4v) is 6.96. The number of benzene rings is 1. The molecular formula is C30H34Cl2N8O3. The third kappa shape index (κ3) is 5.34. The molecule has 1 N–H and O–H groups in total. The number of likely N-dealkylation sites (tertiary alicyclic amines) is 2. The largest absolute Gasteiger partial charge is 0.495 e. The van der Waals surface area contributed by atoms with E-state index in [1.165, 1.54) is 6.08 Å². The van der Waals surface area contributed by atoms with Gasteiger partial charge in [0.1, 0.15) is 11.5 Å². The van der Waals surface area contributed by atoms with Crippen molar-refractivity contribution >= 4 is 51.7 Å². The third-order valence-corrected chi connectivity index (χ3v) is 9.31. The summed E-state index contributed by atoms with van der Waals surface area (Å²) >= 11 is 13.6. The molecule has 1 aromatic carbocycles. The summed E-state index contributed by atoms with van der Waals surface area (Å²) in [6.45, 7) is 8.32. The third-order valence-electron chi connectivity index (χ3n) is 8.56. The monoisotopic (exact) mass is 624 g/mol. The van der Waals surface area contributed by atoms with Gasteiger partial charge < -0.3 is 24.6 Å². The number of nitrogens with one attached hydrogen (secondary N) is 1. The van der Waals surface area contributed by atoms with Gasteiger partial charge in [-0.1, -0.05) is 29.8 Å². The minimum atomic E-state index is 0.0330. The number of amides is 1. The molecule has 2 aliphatic heterocycles. The van der Waals surface area contributed by atoms with Gasteiger partial charge in [-0.05, 0) is 43.4 Å². The second-order valence-electron chi connectivity index (χ2n) is 11.2. The Balaban J connectivity index is 1.26. The molecular weight excluding hydrogens is 591 g/mol. The smallest absolute Gasteiger partial charge is 0.245 e. The predicted molar refractivity (Wildman–Crippen MR) is 167 cm³/mol. The Morgan fingerprint density at radius 1 is 1.09 bits per heavy atom. The van der Waals surface area contributed by atoms with Crippen LogP contribution in [0.25, 0.3) is 27.8 Å². The molecule has 0 radical (unpaired) electrons. The molecule has 13 heteroatoms. The zero-order chi connectivity index (χ0) is 30.3. The van der Waals surface area contributed by atoms with Gasteiger partial charge in [-0.3, -0.25) is 4.79 Å². The number of carbonyl (C=O) groups is 1. The van der Waals surface area contributed by atoms with Crippen molar-refractivity contribution in [2.45, 2.75) is 25.7 Å². The number of nitrogens with zero attached hydrogens (tertiary/aromatic N) is 7. The van der Waals surface area contributed by atoms with Crippen LogP contribution in [-0.4, -0.2) is 94.3 Å². The van der Waals surface area contributed by atoms with Crippen LogP contribution in [0.1, 0.15) is 25.1 Å². The first kappa shape index (κ1) is 29.4. The summed E-state index contributed by atoms with van der Waals surface area (Å²) in [5, 5.41) is 9.31. The molecule has 0 saturated carbocycles. The van der Waals surface area contributed by atoms with E-state index in [4.69, 9.17) is 42.8 Å². The molecule has 43 heavy (non-hydrogen) atoms. The fraction of sp³-hybridized carbons (Fsp3) is 0.433. The highest BCUT2D eigenvalue weighted by atomic mass is 35.5. The zero-order valence-corrected chi connectivity index (χ0v) is 26.0. The summed E-state index contributed by atoms with van der Waals surface area (Å²) in [5.41, 5.74) is 2.73. The van der Waals surface area contributed by atoms with E-state index in [-0.39, 0.29) is 5.91 Å². The number of aromatic nitrogens is 5. The van der Waals surface area contributed by atoms with Crippen LogP contribution in [0.15, 0.2) is 31.0 Å². The molecule has 0 bridgehead atoms. The summed E-state index contributed by atoms with van der Waals surface area (Å²) in [6.07, 6.45) is 6.84. The van der Waals surface area contributed by atoms with Crippen LogP contribution in [0.4, 0.5) is 5.95 Å². The van der Waals surface area contributed by atoms with Crippen molar-refractivity contribution in [2.75, 3.05) is 59.3 Å². The fourth-order valence-electron chi connectivity index (χ4n) is 6.25. The summed E-state index contributed by atoms with van der Waals surface area (Å²) in [4.78, 5) is 30.3. The predicted octanol–water partition coefficient (Wildman–Crippen LogP) is 4.75. The van der Waals surface area contributed by atoms with Crippen LogP contribution in [-0.2, 0) is 11.2 Å². The topological polar surface area (TPSA) is 110 Å². The zero-order valence-electron chi connectivity index (χ0n) is 24.5. The molecule has 0 aliphatic carbocycles. The lowest BCUT2D eigenvalue weighted by atomic mass is 9.72. The maximum Gasteiger partial charge on any atom is 0.245 e. The average Bonchev–Trinajstić information content (AvgIpc) is 3.44. The molecule has 6 rings (SSSR count). The van der Waals surface area contributed by atoms with Gasteiger partial charge in [-0.25, -0.2) is 9.97 Å². The summed E-state index contributed by atoms with van der Waals surface area (Å²) < 4.78 is 12.8. The molecule has 5 heterocycles. The molecule has 1 spiro atoms. The number of anilines is 1. The van der Waals surface area contributed by atoms with Crippen molar-refractivity contribution in [3.63, 3.8) is 0 Å². The van der Waals surface area contributed by atoms with Crippen LogP contribution < -0.4 is 14.8 Å². The molecule has 4 aromatic rings. The first-order valence-electron chi connectivity index (χ1n) is 14.3. The summed E-state index contributed by atoms with van der Waals surface area (Å²) in [5.74, 6) is 2.08. The molecule has 11 nitrogen and oxygen atoms in total. The molecule has 2 fully saturated rings. The highest BCUT2D eigenvalue weighted by molar-refractivity contribution is 6.41. The second-order valence-corrected chi connectivity index (χ2v) is 11.9. The van der Waals surface area contributed by atoms with Crippen molar-refractivity contribution < 1.29 is 14.3 Å². The second kappa shape index (κ2) is 11.8. The number of carbonyl (C=O) groups excluding carboxylic acids is 1. The number of rotatable bonds is 9. The standard InChI is InChI=1S/C30H34Cl2N8O3/c1-5-23(41)39-11-8-30(9-12-39)16-38(17-30)10-6-7-22-35-28-19(24-25(31)20(42-3)14-21(43-4)26(24)32)13-18-15-34-29(33-2)36-27(18)40(28)37-22/h5,13-15H,1,6-12,16-17H2,2-4H3,(H,33,34,36). The van der Waals surface area contributed by atoms with E-state index in [0.29, 0.717) is 67.6 Å². The Kier molecular flexibility index (Phi) is 8.06. The van der Waals surface area contributed by atoms with Crippen molar-refractivity contribution in [3.8, 4) is 22.6 Å². The Hall–Kier alpha value is -3.67. The van der Waals surface area contributed by atoms with Crippen LogP contribution in [0, 0.1) is 5.41 Å². The van der Waals surface area contributed by atoms with Gasteiger partial charge >= 0.3 is 0 Å². The highest BCUT2D eigenvalue weighted by Crippen LogP contribution is 2.47.